The van der Waals surface area contributed by atoms with Crippen LogP contribution >= 0.6 is 0 Å². The molecule has 0 spiro atoms. The second-order valence-electron chi connectivity index (χ2n) is 7.18. The fourth-order valence-corrected chi connectivity index (χ4v) is 4.20. The van der Waals surface area contributed by atoms with Crippen LogP contribution in [0.5, 0.6) is 0 Å². The van der Waals surface area contributed by atoms with E-state index in [1.54, 1.807) is 17.8 Å². The highest BCUT2D eigenvalue weighted by molar-refractivity contribution is 5.94. The minimum absolute atomic E-state index is 0.114. The summed E-state index contributed by atoms with van der Waals surface area (Å²) in [6.45, 7) is 1.37. The molecular weight excluding hydrogens is 316 g/mol. The first kappa shape index (κ1) is 16.1. The molecule has 1 aliphatic heterocycles. The molecule has 1 aliphatic carbocycles. The molecule has 132 valence electrons. The van der Waals surface area contributed by atoms with Crippen molar-refractivity contribution in [2.75, 3.05) is 13.1 Å². The van der Waals surface area contributed by atoms with Gasteiger partial charge in [-0.15, -0.1) is 0 Å². The number of piperidine rings is 1. The Bertz CT molecular complexity index is 830. The summed E-state index contributed by atoms with van der Waals surface area (Å²) in [5, 5.41) is 7.04. The zero-order valence-corrected chi connectivity index (χ0v) is 14.6. The Morgan fingerprint density at radius 2 is 2.00 bits per heavy atom. The molecule has 1 amide bonds. The van der Waals surface area contributed by atoms with Crippen molar-refractivity contribution in [1.29, 1.82) is 0 Å². The summed E-state index contributed by atoms with van der Waals surface area (Å²) >= 11 is 0. The normalized spacial score (nSPS) is 18.2. The average molecular weight is 340 g/mol. The van der Waals surface area contributed by atoms with E-state index in [1.165, 1.54) is 5.56 Å². The maximum Gasteiger partial charge on any atom is 0.263 e. The number of nitrogens with zero attached hydrogens (tertiary/aromatic N) is 3. The van der Waals surface area contributed by atoms with Crippen LogP contribution in [0, 0.1) is 0 Å². The number of hydrogen-bond donors (Lipinski definition) is 1. The molecule has 0 unspecified atom stereocenters. The molecule has 0 aromatic carbocycles. The van der Waals surface area contributed by atoms with Gasteiger partial charge in [-0.05, 0) is 56.2 Å². The van der Waals surface area contributed by atoms with Crippen molar-refractivity contribution >= 4 is 5.91 Å². The fraction of sp³-hybridized carbons (Fsp3) is 0.526. The standard InChI is InChI=1S/C19H24N4O2/c1-22-17-5-3-2-4-14(17)12-15(18(22)24)19(25)23-10-7-13(8-11-23)16-6-9-20-21-16/h6,9,12-13H,2-5,7-8,10-11H2,1H3,(H,20,21). The van der Waals surface area contributed by atoms with E-state index < -0.39 is 0 Å². The molecule has 1 N–H and O–H groups in total. The number of aromatic nitrogens is 3. The lowest BCUT2D eigenvalue weighted by atomic mass is 9.92. The number of carbonyl (C=O) groups excluding carboxylic acids is 1. The molecule has 3 heterocycles. The van der Waals surface area contributed by atoms with Crippen molar-refractivity contribution in [3.63, 3.8) is 0 Å². The van der Waals surface area contributed by atoms with Gasteiger partial charge in [-0.25, -0.2) is 0 Å². The monoisotopic (exact) mass is 340 g/mol. The number of aryl methyl sites for hydroxylation is 1. The Morgan fingerprint density at radius 1 is 1.24 bits per heavy atom. The first-order chi connectivity index (χ1) is 12.1. The van der Waals surface area contributed by atoms with Crippen LogP contribution in [0.2, 0.25) is 0 Å². The molecule has 0 saturated carbocycles. The van der Waals surface area contributed by atoms with E-state index in [-0.39, 0.29) is 11.5 Å². The summed E-state index contributed by atoms with van der Waals surface area (Å²) in [6, 6.07) is 3.86. The smallest absolute Gasteiger partial charge is 0.263 e. The van der Waals surface area contributed by atoms with E-state index in [9.17, 15) is 9.59 Å². The van der Waals surface area contributed by atoms with Crippen LogP contribution < -0.4 is 5.56 Å². The third-order valence-corrected chi connectivity index (χ3v) is 5.71. The summed E-state index contributed by atoms with van der Waals surface area (Å²) in [5.74, 6) is 0.301. The lowest BCUT2D eigenvalue weighted by Gasteiger charge is -2.31. The Hall–Kier alpha value is -2.37. The van der Waals surface area contributed by atoms with Gasteiger partial charge in [0.15, 0.2) is 0 Å². The topological polar surface area (TPSA) is 71.0 Å². The van der Waals surface area contributed by atoms with Gasteiger partial charge in [0.2, 0.25) is 0 Å². The third-order valence-electron chi connectivity index (χ3n) is 5.71. The van der Waals surface area contributed by atoms with Crippen LogP contribution in [0.4, 0.5) is 0 Å². The third kappa shape index (κ3) is 2.90. The van der Waals surface area contributed by atoms with Crippen LogP contribution in [-0.2, 0) is 19.9 Å². The summed E-state index contributed by atoms with van der Waals surface area (Å²) < 4.78 is 1.69. The van der Waals surface area contributed by atoms with Crippen molar-refractivity contribution in [2.45, 2.75) is 44.4 Å². The van der Waals surface area contributed by atoms with E-state index in [4.69, 9.17) is 0 Å². The number of carbonyl (C=O) groups is 1. The fourth-order valence-electron chi connectivity index (χ4n) is 4.20. The highest BCUT2D eigenvalue weighted by Crippen LogP contribution is 2.27. The molecule has 1 saturated heterocycles. The van der Waals surface area contributed by atoms with Crippen LogP contribution in [0.3, 0.4) is 0 Å². The molecule has 6 heteroatoms. The van der Waals surface area contributed by atoms with Crippen molar-refractivity contribution in [1.82, 2.24) is 19.7 Å². The molecule has 0 bridgehead atoms. The Morgan fingerprint density at radius 3 is 2.72 bits per heavy atom. The minimum atomic E-state index is -0.152. The number of aromatic amines is 1. The quantitative estimate of drug-likeness (QED) is 0.909. The minimum Gasteiger partial charge on any atom is -0.338 e. The van der Waals surface area contributed by atoms with Crippen LogP contribution in [0.25, 0.3) is 0 Å². The molecule has 6 nitrogen and oxygen atoms in total. The zero-order chi connectivity index (χ0) is 17.4. The molecule has 4 rings (SSSR count). The number of likely N-dealkylation sites (tertiary alicyclic amines) is 1. The van der Waals surface area contributed by atoms with Gasteiger partial charge in [0.1, 0.15) is 5.56 Å². The number of hydrogen-bond acceptors (Lipinski definition) is 3. The highest BCUT2D eigenvalue weighted by atomic mass is 16.2. The van der Waals surface area contributed by atoms with Gasteiger partial charge in [-0.3, -0.25) is 14.7 Å². The summed E-state index contributed by atoms with van der Waals surface area (Å²) in [4.78, 5) is 27.5. The van der Waals surface area contributed by atoms with E-state index in [1.807, 2.05) is 17.0 Å². The number of nitrogens with one attached hydrogen (secondary N) is 1. The van der Waals surface area contributed by atoms with Crippen molar-refractivity contribution in [3.05, 3.63) is 51.2 Å². The first-order valence-corrected chi connectivity index (χ1v) is 9.15. The Balaban J connectivity index is 1.54. The largest absolute Gasteiger partial charge is 0.338 e. The van der Waals surface area contributed by atoms with E-state index in [0.717, 1.165) is 49.9 Å². The maximum atomic E-state index is 12.9. The molecule has 25 heavy (non-hydrogen) atoms. The molecule has 2 aromatic rings. The second-order valence-corrected chi connectivity index (χ2v) is 7.18. The van der Waals surface area contributed by atoms with Gasteiger partial charge in [0.05, 0.1) is 0 Å². The number of rotatable bonds is 2. The van der Waals surface area contributed by atoms with E-state index >= 15 is 0 Å². The Labute approximate surface area is 146 Å². The van der Waals surface area contributed by atoms with Gasteiger partial charge in [0.25, 0.3) is 11.5 Å². The number of pyridine rings is 1. The van der Waals surface area contributed by atoms with E-state index in [2.05, 4.69) is 10.2 Å². The van der Waals surface area contributed by atoms with Crippen molar-refractivity contribution in [2.24, 2.45) is 7.05 Å². The number of H-pyrrole nitrogens is 1. The number of fused-ring (bicyclic) bond motifs is 1. The predicted octanol–water partition coefficient (Wildman–Crippen LogP) is 2.01. The van der Waals surface area contributed by atoms with Crippen molar-refractivity contribution in [3.8, 4) is 0 Å². The van der Waals surface area contributed by atoms with E-state index in [0.29, 0.717) is 24.6 Å². The first-order valence-electron chi connectivity index (χ1n) is 9.15. The summed E-state index contributed by atoms with van der Waals surface area (Å²) in [5.41, 5.74) is 3.59. The van der Waals surface area contributed by atoms with Gasteiger partial charge in [-0.2, -0.15) is 5.10 Å². The summed E-state index contributed by atoms with van der Waals surface area (Å²) in [6.07, 6.45) is 7.72. The van der Waals surface area contributed by atoms with Crippen LogP contribution in [0.1, 0.15) is 58.9 Å². The predicted molar refractivity (Wildman–Crippen MR) is 94.8 cm³/mol. The SMILES string of the molecule is Cn1c2c(cc(C(=O)N3CCC(c4ccn[nH]4)CC3)c1=O)CCCC2. The van der Waals surface area contributed by atoms with Gasteiger partial charge < -0.3 is 9.47 Å². The molecule has 0 atom stereocenters. The molecule has 1 fully saturated rings. The van der Waals surface area contributed by atoms with Crippen LogP contribution in [0.15, 0.2) is 23.1 Å². The van der Waals surface area contributed by atoms with Crippen LogP contribution in [-0.4, -0.2) is 38.7 Å². The molecule has 2 aromatic heterocycles. The maximum absolute atomic E-state index is 12.9. The average Bonchev–Trinajstić information content (AvgIpc) is 3.19. The molecular formula is C19H24N4O2. The van der Waals surface area contributed by atoms with Gasteiger partial charge in [0, 0.05) is 43.6 Å². The van der Waals surface area contributed by atoms with Gasteiger partial charge in [-0.1, -0.05) is 0 Å². The van der Waals surface area contributed by atoms with Gasteiger partial charge >= 0.3 is 0 Å². The summed E-state index contributed by atoms with van der Waals surface area (Å²) in [7, 11) is 1.80. The Kier molecular flexibility index (Phi) is 4.19. The van der Waals surface area contributed by atoms with Crippen molar-refractivity contribution < 1.29 is 4.79 Å². The highest BCUT2D eigenvalue weighted by Gasteiger charge is 2.28. The number of amides is 1. The zero-order valence-electron chi connectivity index (χ0n) is 14.6. The molecule has 0 radical (unpaired) electrons. The second kappa shape index (κ2) is 6.50. The molecule has 2 aliphatic rings. The lowest BCUT2D eigenvalue weighted by molar-refractivity contribution is 0.0709. The lowest BCUT2D eigenvalue weighted by Crippen LogP contribution is -2.41.